The second-order valence-corrected chi connectivity index (χ2v) is 11.7. The summed E-state index contributed by atoms with van der Waals surface area (Å²) in [6.07, 6.45) is -2.29. The Morgan fingerprint density at radius 2 is 1.78 bits per heavy atom. The van der Waals surface area contributed by atoms with Crippen LogP contribution in [0.1, 0.15) is 54.7 Å². The van der Waals surface area contributed by atoms with E-state index in [-0.39, 0.29) is 35.8 Å². The maximum Gasteiger partial charge on any atom is 0.272 e. The van der Waals surface area contributed by atoms with Gasteiger partial charge in [-0.25, -0.2) is 13.2 Å². The van der Waals surface area contributed by atoms with Gasteiger partial charge in [0.15, 0.2) is 6.10 Å². The summed E-state index contributed by atoms with van der Waals surface area (Å²) in [7, 11) is 0. The molecule has 3 atom stereocenters. The third-order valence-electron chi connectivity index (χ3n) is 7.59. The fourth-order valence-electron chi connectivity index (χ4n) is 5.00. The van der Waals surface area contributed by atoms with Crippen LogP contribution in [-0.4, -0.2) is 70.0 Å². The van der Waals surface area contributed by atoms with E-state index in [9.17, 15) is 29.0 Å². The van der Waals surface area contributed by atoms with Gasteiger partial charge < -0.3 is 25.7 Å². The van der Waals surface area contributed by atoms with Gasteiger partial charge in [-0.3, -0.25) is 14.4 Å². The van der Waals surface area contributed by atoms with E-state index in [4.69, 9.17) is 0 Å². The lowest BCUT2D eigenvalue weighted by atomic mass is 9.81. The van der Waals surface area contributed by atoms with E-state index in [0.717, 1.165) is 6.07 Å². The van der Waals surface area contributed by atoms with E-state index in [1.54, 1.807) is 6.92 Å². The molecule has 2 aromatic carbocycles. The van der Waals surface area contributed by atoms with Gasteiger partial charge in [0.2, 0.25) is 5.91 Å². The van der Waals surface area contributed by atoms with Crippen LogP contribution in [0.2, 0.25) is 0 Å². The summed E-state index contributed by atoms with van der Waals surface area (Å²) in [5.41, 5.74) is -0.731. The molecule has 1 fully saturated rings. The first-order valence-electron chi connectivity index (χ1n) is 13.5. The fourth-order valence-corrected chi connectivity index (χ4v) is 5.00. The largest absolute Gasteiger partial charge is 0.508 e. The Hall–Kier alpha value is -3.60. The Morgan fingerprint density at radius 1 is 1.12 bits per heavy atom. The van der Waals surface area contributed by atoms with Crippen molar-refractivity contribution in [3.63, 3.8) is 0 Å². The molecule has 3 rings (SSSR count). The van der Waals surface area contributed by atoms with Crippen LogP contribution in [0, 0.1) is 31.0 Å². The molecule has 11 heteroatoms. The van der Waals surface area contributed by atoms with Crippen molar-refractivity contribution in [3.05, 3.63) is 64.5 Å². The Balaban J connectivity index is 1.98. The molecule has 0 bridgehead atoms. The lowest BCUT2D eigenvalue weighted by Crippen LogP contribution is -2.58. The number of likely N-dealkylation sites (tertiary alicyclic amines) is 1. The first-order valence-corrected chi connectivity index (χ1v) is 13.5. The normalized spacial score (nSPS) is 19.1. The van der Waals surface area contributed by atoms with Gasteiger partial charge in [-0.2, -0.15) is 0 Å². The molecule has 1 aliphatic rings. The Morgan fingerprint density at radius 3 is 2.39 bits per heavy atom. The minimum absolute atomic E-state index is 0.0223. The van der Waals surface area contributed by atoms with E-state index >= 15 is 8.78 Å². The number of aliphatic hydroxyl groups is 1. The predicted octanol–water partition coefficient (Wildman–Crippen LogP) is 3.49. The van der Waals surface area contributed by atoms with E-state index in [2.05, 4.69) is 10.6 Å². The third kappa shape index (κ3) is 6.83. The number of halogens is 3. The molecule has 0 unspecified atom stereocenters. The van der Waals surface area contributed by atoms with E-state index in [1.165, 1.54) is 51.1 Å². The molecule has 1 saturated heterocycles. The minimum Gasteiger partial charge on any atom is -0.508 e. The quantitative estimate of drug-likeness (QED) is 0.364. The van der Waals surface area contributed by atoms with Gasteiger partial charge in [0.1, 0.15) is 17.6 Å². The Labute approximate surface area is 237 Å². The molecule has 0 spiro atoms. The minimum atomic E-state index is -3.46. The average Bonchev–Trinajstić information content (AvgIpc) is 3.06. The predicted molar refractivity (Wildman–Crippen MR) is 147 cm³/mol. The van der Waals surface area contributed by atoms with E-state index in [0.29, 0.717) is 16.0 Å². The number of aryl methyl sites for hydroxylation is 1. The van der Waals surface area contributed by atoms with Crippen LogP contribution in [0.25, 0.3) is 0 Å². The molecule has 0 radical (unpaired) electrons. The van der Waals surface area contributed by atoms with Crippen molar-refractivity contribution < 1.29 is 37.8 Å². The summed E-state index contributed by atoms with van der Waals surface area (Å²) in [5.74, 6) is -6.86. The second-order valence-electron chi connectivity index (χ2n) is 11.7. The van der Waals surface area contributed by atoms with Crippen molar-refractivity contribution in [2.24, 2.45) is 11.3 Å². The highest BCUT2D eigenvalue weighted by Gasteiger charge is 2.64. The number of nitrogens with one attached hydrogen (secondary N) is 2. The summed E-state index contributed by atoms with van der Waals surface area (Å²) in [5, 5.41) is 26.6. The van der Waals surface area contributed by atoms with Gasteiger partial charge in [0, 0.05) is 17.7 Å². The number of hydrogen-bond acceptors (Lipinski definition) is 5. The summed E-state index contributed by atoms with van der Waals surface area (Å²) < 4.78 is 44.3. The number of aliphatic hydroxyl groups excluding tert-OH is 1. The van der Waals surface area contributed by atoms with Crippen LogP contribution in [0.4, 0.5) is 13.2 Å². The topological polar surface area (TPSA) is 119 Å². The number of nitrogens with zero attached hydrogens (tertiary/aromatic N) is 1. The zero-order valence-electron chi connectivity index (χ0n) is 24.1. The molecule has 1 aliphatic heterocycles. The van der Waals surface area contributed by atoms with Gasteiger partial charge in [-0.1, -0.05) is 39.8 Å². The highest BCUT2D eigenvalue weighted by atomic mass is 19.3. The van der Waals surface area contributed by atoms with Gasteiger partial charge in [0.05, 0.1) is 18.0 Å². The molecule has 0 saturated carbocycles. The average molecular weight is 578 g/mol. The van der Waals surface area contributed by atoms with Crippen LogP contribution in [0.5, 0.6) is 5.75 Å². The van der Waals surface area contributed by atoms with Crippen LogP contribution in [0.15, 0.2) is 36.4 Å². The van der Waals surface area contributed by atoms with Crippen molar-refractivity contribution in [1.82, 2.24) is 15.5 Å². The number of aromatic hydroxyl groups is 1. The first kappa shape index (κ1) is 31.9. The highest BCUT2D eigenvalue weighted by Crippen LogP contribution is 2.48. The molecule has 41 heavy (non-hydrogen) atoms. The van der Waals surface area contributed by atoms with Gasteiger partial charge in [0.25, 0.3) is 17.7 Å². The lowest BCUT2D eigenvalue weighted by Gasteiger charge is -2.34. The van der Waals surface area contributed by atoms with E-state index < -0.39 is 59.6 Å². The van der Waals surface area contributed by atoms with Gasteiger partial charge >= 0.3 is 0 Å². The summed E-state index contributed by atoms with van der Waals surface area (Å²) in [6, 6.07) is 5.29. The van der Waals surface area contributed by atoms with Crippen LogP contribution >= 0.6 is 0 Å². The number of benzene rings is 2. The molecule has 224 valence electrons. The fraction of sp³-hybridized carbons (Fsp3) is 0.500. The third-order valence-corrected chi connectivity index (χ3v) is 7.59. The van der Waals surface area contributed by atoms with Gasteiger partial charge in [-0.15, -0.1) is 0 Å². The van der Waals surface area contributed by atoms with Gasteiger partial charge in [-0.05, 0) is 61.6 Å². The molecule has 2 aromatic rings. The molecule has 0 aliphatic carbocycles. The van der Waals surface area contributed by atoms with Crippen LogP contribution in [-0.2, 0) is 16.0 Å². The monoisotopic (exact) mass is 577 g/mol. The summed E-state index contributed by atoms with van der Waals surface area (Å²) in [6.45, 7) is 8.30. The molecule has 4 N–H and O–H groups in total. The number of phenolic OH excluding ortho intramolecular Hbond substituents is 1. The van der Waals surface area contributed by atoms with E-state index in [1.807, 2.05) is 13.8 Å². The molecular formula is C30H38F3N3O5. The molecule has 8 nitrogen and oxygen atoms in total. The molecule has 1 heterocycles. The Kier molecular flexibility index (Phi) is 9.42. The highest BCUT2D eigenvalue weighted by molar-refractivity contribution is 5.97. The van der Waals surface area contributed by atoms with Crippen molar-refractivity contribution in [3.8, 4) is 5.75 Å². The number of carbonyl (C=O) groups is 3. The first-order chi connectivity index (χ1) is 19.0. The summed E-state index contributed by atoms with van der Waals surface area (Å²) in [4.78, 5) is 40.7. The van der Waals surface area contributed by atoms with Crippen LogP contribution < -0.4 is 10.6 Å². The van der Waals surface area contributed by atoms with Crippen molar-refractivity contribution in [2.75, 3.05) is 13.1 Å². The molecule has 3 amide bonds. The van der Waals surface area contributed by atoms with Crippen molar-refractivity contribution >= 4 is 17.7 Å². The number of amides is 3. The SMILES string of the molecule is Cc1cc(O)c(C)c(C(=O)N[C@@H](Cc2cccc(F)c2)[C@H](O)C(=O)N2CC(F)(F)C(C)(C)[C@H]2C(=O)NCC(C)C)c1. The summed E-state index contributed by atoms with van der Waals surface area (Å²) >= 11 is 0. The molecular weight excluding hydrogens is 539 g/mol. The number of hydrogen-bond donors (Lipinski definition) is 4. The number of alkyl halides is 2. The maximum atomic E-state index is 15.2. The standard InChI is InChI=1S/C30H38F3N3O5/c1-16(2)14-34-27(40)25-29(5,6)30(32,33)15-36(25)28(41)24(38)22(13-19-8-7-9-20(31)12-19)35-26(39)21-10-17(3)11-23(37)18(21)4/h7-12,16,22,24-25,37-38H,13-15H2,1-6H3,(H,34,40)(H,35,39)/t22-,24-,25+/m0/s1. The lowest BCUT2D eigenvalue weighted by molar-refractivity contribution is -0.148. The Bertz CT molecular complexity index is 1310. The smallest absolute Gasteiger partial charge is 0.272 e. The molecule has 0 aromatic heterocycles. The zero-order chi connectivity index (χ0) is 30.9. The second kappa shape index (κ2) is 12.1. The van der Waals surface area contributed by atoms with Crippen LogP contribution in [0.3, 0.4) is 0 Å². The number of phenols is 1. The number of carbonyl (C=O) groups excluding carboxylic acids is 3. The number of rotatable bonds is 9. The maximum absolute atomic E-state index is 15.2. The zero-order valence-corrected chi connectivity index (χ0v) is 24.1. The van der Waals surface area contributed by atoms with Crippen molar-refractivity contribution in [1.29, 1.82) is 0 Å². The van der Waals surface area contributed by atoms with Crippen molar-refractivity contribution in [2.45, 2.75) is 72.1 Å².